The van der Waals surface area contributed by atoms with Gasteiger partial charge >= 0.3 is 11.9 Å². The van der Waals surface area contributed by atoms with E-state index in [1.165, 1.54) is 12.1 Å². The minimum atomic E-state index is -1.34. The van der Waals surface area contributed by atoms with Crippen LogP contribution in [0.2, 0.25) is 0 Å². The van der Waals surface area contributed by atoms with Gasteiger partial charge in [0.15, 0.2) is 0 Å². The first kappa shape index (κ1) is 15.8. The van der Waals surface area contributed by atoms with E-state index in [1.54, 1.807) is 6.07 Å². The largest absolute Gasteiger partial charge is 0.478 e. The smallest absolute Gasteiger partial charge is 0.338 e. The number of aliphatic carboxylic acids is 1. The predicted molar refractivity (Wildman–Crippen MR) is 70.3 cm³/mol. The van der Waals surface area contributed by atoms with Crippen LogP contribution >= 0.6 is 0 Å². The molecule has 0 radical (unpaired) electrons. The number of carboxylic acids is 1. The van der Waals surface area contributed by atoms with Crippen molar-refractivity contribution >= 4 is 23.7 Å². The first-order valence-electron chi connectivity index (χ1n) is 5.58. The number of carbonyl (C=O) groups is 2. The molecule has 8 nitrogen and oxygen atoms in total. The molecule has 0 aliphatic rings. The zero-order valence-electron chi connectivity index (χ0n) is 10.9. The van der Waals surface area contributed by atoms with Gasteiger partial charge in [0, 0.05) is 6.07 Å². The molecule has 0 unspecified atom stereocenters. The molecule has 21 heavy (non-hydrogen) atoms. The van der Waals surface area contributed by atoms with E-state index in [1.807, 2.05) is 0 Å². The lowest BCUT2D eigenvalue weighted by atomic mass is 10.0. The fourth-order valence-electron chi connectivity index (χ4n) is 1.53. The van der Waals surface area contributed by atoms with Crippen LogP contribution in [0.25, 0.3) is 6.08 Å². The summed E-state index contributed by atoms with van der Waals surface area (Å²) < 4.78 is 4.45. The first-order chi connectivity index (χ1) is 9.90. The second-order valence-corrected chi connectivity index (χ2v) is 3.83. The van der Waals surface area contributed by atoms with Gasteiger partial charge in [-0.15, -0.1) is 0 Å². The maximum absolute atomic E-state index is 11.3. The molecule has 0 heterocycles. The molecule has 0 saturated carbocycles. The van der Waals surface area contributed by atoms with E-state index in [2.05, 4.69) is 4.74 Å². The minimum Gasteiger partial charge on any atom is -0.478 e. The molecule has 0 aliphatic carbocycles. The molecule has 1 aromatic carbocycles. The molecule has 0 aliphatic heterocycles. The summed E-state index contributed by atoms with van der Waals surface area (Å²) in [5.41, 5.74) is -0.778. The molecule has 0 amide bonds. The topological polar surface area (TPSA) is 131 Å². The second-order valence-electron chi connectivity index (χ2n) is 3.83. The van der Waals surface area contributed by atoms with Crippen molar-refractivity contribution in [2.45, 2.75) is 6.42 Å². The lowest BCUT2D eigenvalue weighted by Gasteiger charge is -2.03. The van der Waals surface area contributed by atoms with Gasteiger partial charge in [-0.05, 0) is 18.2 Å². The number of carbonyl (C=O) groups excluding carboxylic acids is 1. The zero-order valence-corrected chi connectivity index (χ0v) is 10.9. The van der Waals surface area contributed by atoms with E-state index in [-0.39, 0.29) is 16.7 Å². The summed E-state index contributed by atoms with van der Waals surface area (Å²) in [7, 11) is 1.14. The van der Waals surface area contributed by atoms with Crippen molar-refractivity contribution in [2.24, 2.45) is 0 Å². The number of esters is 1. The third-order valence-corrected chi connectivity index (χ3v) is 2.52. The van der Waals surface area contributed by atoms with Gasteiger partial charge in [-0.1, -0.05) is 0 Å². The van der Waals surface area contributed by atoms with Crippen LogP contribution in [0.4, 0.5) is 5.69 Å². The highest BCUT2D eigenvalue weighted by molar-refractivity contribution is 5.94. The highest BCUT2D eigenvalue weighted by Gasteiger charge is 2.18. The Kier molecular flexibility index (Phi) is 5.14. The summed E-state index contributed by atoms with van der Waals surface area (Å²) in [6.07, 6.45) is 0.635. The van der Waals surface area contributed by atoms with Crippen molar-refractivity contribution < 1.29 is 24.4 Å². The van der Waals surface area contributed by atoms with Gasteiger partial charge in [-0.2, -0.15) is 5.26 Å². The van der Waals surface area contributed by atoms with Crippen molar-refractivity contribution in [1.29, 1.82) is 5.26 Å². The van der Waals surface area contributed by atoms with Crippen molar-refractivity contribution in [1.82, 2.24) is 0 Å². The third kappa shape index (κ3) is 3.87. The molecule has 1 aromatic rings. The van der Waals surface area contributed by atoms with E-state index in [9.17, 15) is 19.7 Å². The number of hydrogen-bond acceptors (Lipinski definition) is 6. The normalized spacial score (nSPS) is 10.6. The van der Waals surface area contributed by atoms with Crippen LogP contribution in [0.3, 0.4) is 0 Å². The summed E-state index contributed by atoms with van der Waals surface area (Å²) in [6.45, 7) is 0. The van der Waals surface area contributed by atoms with Gasteiger partial charge in [0.1, 0.15) is 0 Å². The Balaban J connectivity index is 3.40. The number of nitriles is 1. The highest BCUT2D eigenvalue weighted by Crippen LogP contribution is 2.24. The van der Waals surface area contributed by atoms with Crippen LogP contribution < -0.4 is 0 Å². The van der Waals surface area contributed by atoms with Crippen molar-refractivity contribution in [2.75, 3.05) is 7.11 Å². The van der Waals surface area contributed by atoms with E-state index in [0.717, 1.165) is 19.3 Å². The number of carboxylic acid groups (broad SMARTS) is 1. The molecule has 108 valence electrons. The number of methoxy groups -OCH3 is 1. The van der Waals surface area contributed by atoms with Crippen molar-refractivity contribution in [3.8, 4) is 6.07 Å². The molecule has 8 heteroatoms. The molecular formula is C13H10N2O6. The highest BCUT2D eigenvalue weighted by atomic mass is 16.6. The van der Waals surface area contributed by atoms with Gasteiger partial charge in [-0.3, -0.25) is 10.1 Å². The van der Waals surface area contributed by atoms with Crippen LogP contribution in [0.15, 0.2) is 23.8 Å². The van der Waals surface area contributed by atoms with Gasteiger partial charge in [0.2, 0.25) is 0 Å². The third-order valence-electron chi connectivity index (χ3n) is 2.52. The Labute approximate surface area is 119 Å². The molecule has 1 N–H and O–H groups in total. The summed E-state index contributed by atoms with van der Waals surface area (Å²) in [4.78, 5) is 32.5. The van der Waals surface area contributed by atoms with Crippen LogP contribution in [-0.4, -0.2) is 29.1 Å². The molecule has 0 bridgehead atoms. The van der Waals surface area contributed by atoms with Gasteiger partial charge in [-0.25, -0.2) is 9.59 Å². The molecule has 0 aromatic heterocycles. The Morgan fingerprint density at radius 2 is 2.19 bits per heavy atom. The quantitative estimate of drug-likeness (QED) is 0.378. The van der Waals surface area contributed by atoms with Crippen molar-refractivity contribution in [3.63, 3.8) is 0 Å². The Bertz CT molecular complexity index is 672. The maximum atomic E-state index is 11.3. The second kappa shape index (κ2) is 6.81. The van der Waals surface area contributed by atoms with Crippen LogP contribution in [0.1, 0.15) is 22.3 Å². The lowest BCUT2D eigenvalue weighted by molar-refractivity contribution is -0.385. The Hall–Kier alpha value is -3.21. The fraction of sp³-hybridized carbons (Fsp3) is 0.154. The molecule has 0 spiro atoms. The number of hydrogen-bond donors (Lipinski definition) is 1. The summed E-state index contributed by atoms with van der Waals surface area (Å²) >= 11 is 0. The Morgan fingerprint density at radius 1 is 1.52 bits per heavy atom. The number of nitrogens with zero attached hydrogens (tertiary/aromatic N) is 2. The number of nitro groups is 1. The van der Waals surface area contributed by atoms with Crippen molar-refractivity contribution in [3.05, 3.63) is 45.0 Å². The van der Waals surface area contributed by atoms with Gasteiger partial charge in [0.05, 0.1) is 41.2 Å². The molecule has 0 fully saturated rings. The SMILES string of the molecule is COC(=O)c1ccc(/C=C(\CC#N)C(=O)O)c([N+](=O)[O-])c1. The van der Waals surface area contributed by atoms with Gasteiger partial charge in [0.25, 0.3) is 5.69 Å². The average Bonchev–Trinajstić information content (AvgIpc) is 2.45. The Morgan fingerprint density at radius 3 is 2.67 bits per heavy atom. The first-order valence-corrected chi connectivity index (χ1v) is 5.58. The number of rotatable bonds is 5. The van der Waals surface area contributed by atoms with Crippen LogP contribution in [-0.2, 0) is 9.53 Å². The standard InChI is InChI=1S/C13H10N2O6/c1-21-13(18)10-3-2-8(11(7-10)15(19)20)6-9(4-5-14)12(16)17/h2-3,6-7H,4H2,1H3,(H,16,17)/b9-6+. The number of ether oxygens (including phenoxy) is 1. The summed E-state index contributed by atoms with van der Waals surface area (Å²) in [5.74, 6) is -2.09. The van der Waals surface area contributed by atoms with E-state index >= 15 is 0 Å². The lowest BCUT2D eigenvalue weighted by Crippen LogP contribution is -2.04. The fourth-order valence-corrected chi connectivity index (χ4v) is 1.53. The number of benzene rings is 1. The molecule has 0 saturated heterocycles. The van der Waals surface area contributed by atoms with E-state index < -0.39 is 29.0 Å². The van der Waals surface area contributed by atoms with Gasteiger partial charge < -0.3 is 9.84 Å². The number of nitro benzene ring substituents is 1. The monoisotopic (exact) mass is 290 g/mol. The maximum Gasteiger partial charge on any atom is 0.338 e. The molecular weight excluding hydrogens is 280 g/mol. The predicted octanol–water partition coefficient (Wildman–Crippen LogP) is 1.76. The average molecular weight is 290 g/mol. The van der Waals surface area contributed by atoms with E-state index in [0.29, 0.717) is 0 Å². The molecule has 0 atom stereocenters. The van der Waals surface area contributed by atoms with E-state index in [4.69, 9.17) is 10.4 Å². The zero-order chi connectivity index (χ0) is 16.0. The van der Waals surface area contributed by atoms with Crippen LogP contribution in [0.5, 0.6) is 0 Å². The minimum absolute atomic E-state index is 0.0136. The van der Waals surface area contributed by atoms with Crippen LogP contribution in [0, 0.1) is 21.4 Å². The summed E-state index contributed by atoms with van der Waals surface area (Å²) in [6, 6.07) is 5.15. The summed E-state index contributed by atoms with van der Waals surface area (Å²) in [5, 5.41) is 28.5. The molecule has 1 rings (SSSR count).